The molecule has 0 radical (unpaired) electrons. The van der Waals surface area contributed by atoms with Crippen molar-refractivity contribution < 1.29 is 5.11 Å². The van der Waals surface area contributed by atoms with Gasteiger partial charge >= 0.3 is 0 Å². The Bertz CT molecular complexity index is 762. The van der Waals surface area contributed by atoms with Gasteiger partial charge in [-0.15, -0.1) is 0 Å². The summed E-state index contributed by atoms with van der Waals surface area (Å²) in [6.07, 6.45) is 5.38. The molecule has 1 fully saturated rings. The van der Waals surface area contributed by atoms with Gasteiger partial charge in [-0.3, -0.25) is 9.69 Å². The van der Waals surface area contributed by atoms with E-state index in [1.807, 2.05) is 13.8 Å². The average Bonchev–Trinajstić information content (AvgIpc) is 2.61. The Kier molecular flexibility index (Phi) is 5.89. The highest BCUT2D eigenvalue weighted by Crippen LogP contribution is 2.25. The van der Waals surface area contributed by atoms with Crippen molar-refractivity contribution in [2.24, 2.45) is 0 Å². The minimum atomic E-state index is -0.616. The second-order valence-corrected chi connectivity index (χ2v) is 8.04. The molecule has 5 nitrogen and oxygen atoms in total. The van der Waals surface area contributed by atoms with E-state index in [1.165, 1.54) is 17.5 Å². The van der Waals surface area contributed by atoms with E-state index in [0.29, 0.717) is 5.92 Å². The molecule has 26 heavy (non-hydrogen) atoms. The van der Waals surface area contributed by atoms with Crippen LogP contribution in [0.5, 0.6) is 0 Å². The topological polar surface area (TPSA) is 69.2 Å². The highest BCUT2D eigenvalue weighted by molar-refractivity contribution is 5.23. The third kappa shape index (κ3) is 5.51. The first-order valence-electron chi connectivity index (χ1n) is 9.46. The molecule has 1 unspecified atom stereocenters. The number of hydrogen-bond donors (Lipinski definition) is 2. The number of H-pyrrole nitrogens is 1. The number of aliphatic hydroxyl groups is 1. The first kappa shape index (κ1) is 18.8. The average molecular weight is 355 g/mol. The van der Waals surface area contributed by atoms with E-state index in [0.717, 1.165) is 51.0 Å². The molecule has 2 N–H and O–H groups in total. The fraction of sp³-hybridized carbons (Fsp3) is 0.524. The minimum absolute atomic E-state index is 0.0752. The van der Waals surface area contributed by atoms with Gasteiger partial charge in [-0.1, -0.05) is 24.3 Å². The molecule has 1 aliphatic heterocycles. The molecular formula is C21H29N3O2. The number of piperidine rings is 1. The van der Waals surface area contributed by atoms with Gasteiger partial charge in [0, 0.05) is 25.1 Å². The normalized spacial score (nSPS) is 18.8. The highest BCUT2D eigenvalue weighted by atomic mass is 16.3. The Morgan fingerprint density at radius 1 is 1.27 bits per heavy atom. The van der Waals surface area contributed by atoms with Crippen molar-refractivity contribution in [2.75, 3.05) is 13.1 Å². The summed E-state index contributed by atoms with van der Waals surface area (Å²) in [7, 11) is 0. The maximum absolute atomic E-state index is 11.5. The molecule has 1 atom stereocenters. The van der Waals surface area contributed by atoms with E-state index in [2.05, 4.69) is 39.1 Å². The van der Waals surface area contributed by atoms with Crippen LogP contribution in [0.4, 0.5) is 0 Å². The summed E-state index contributed by atoms with van der Waals surface area (Å²) < 4.78 is 0. The maximum Gasteiger partial charge on any atom is 0.250 e. The molecule has 3 rings (SSSR count). The predicted molar refractivity (Wildman–Crippen MR) is 103 cm³/mol. The fourth-order valence-corrected chi connectivity index (χ4v) is 3.57. The van der Waals surface area contributed by atoms with Gasteiger partial charge in [0.1, 0.15) is 0 Å². The summed E-state index contributed by atoms with van der Waals surface area (Å²) in [6, 6.07) is 10.3. The van der Waals surface area contributed by atoms with Crippen molar-refractivity contribution in [1.29, 1.82) is 0 Å². The van der Waals surface area contributed by atoms with Gasteiger partial charge in [0.15, 0.2) is 0 Å². The predicted octanol–water partition coefficient (Wildman–Crippen LogP) is 2.85. The molecule has 140 valence electrons. The molecule has 2 heterocycles. The molecule has 0 bridgehead atoms. The Balaban J connectivity index is 1.57. The summed E-state index contributed by atoms with van der Waals surface area (Å²) in [6.45, 7) is 6.65. The number of aromatic nitrogens is 2. The Hall–Kier alpha value is -1.98. The van der Waals surface area contributed by atoms with Gasteiger partial charge in [-0.05, 0) is 57.2 Å². The lowest BCUT2D eigenvalue weighted by Gasteiger charge is -2.32. The minimum Gasteiger partial charge on any atom is -0.390 e. The van der Waals surface area contributed by atoms with Crippen LogP contribution in [-0.4, -0.2) is 38.7 Å². The summed E-state index contributed by atoms with van der Waals surface area (Å²) >= 11 is 0. The van der Waals surface area contributed by atoms with E-state index >= 15 is 0 Å². The molecule has 5 heteroatoms. The van der Waals surface area contributed by atoms with Gasteiger partial charge in [0.05, 0.1) is 17.6 Å². The largest absolute Gasteiger partial charge is 0.390 e. The van der Waals surface area contributed by atoms with Crippen molar-refractivity contribution in [3.63, 3.8) is 0 Å². The van der Waals surface area contributed by atoms with Crippen molar-refractivity contribution >= 4 is 0 Å². The van der Waals surface area contributed by atoms with Crippen LogP contribution in [0.1, 0.15) is 55.8 Å². The third-order valence-corrected chi connectivity index (χ3v) is 5.08. The Morgan fingerprint density at radius 2 is 2.00 bits per heavy atom. The first-order chi connectivity index (χ1) is 12.4. The van der Waals surface area contributed by atoms with Crippen LogP contribution in [0, 0.1) is 0 Å². The van der Waals surface area contributed by atoms with E-state index in [-0.39, 0.29) is 5.56 Å². The zero-order valence-corrected chi connectivity index (χ0v) is 15.7. The monoisotopic (exact) mass is 355 g/mol. The number of rotatable bonds is 6. The fourth-order valence-electron chi connectivity index (χ4n) is 3.57. The van der Waals surface area contributed by atoms with E-state index in [1.54, 1.807) is 6.07 Å². The van der Waals surface area contributed by atoms with Crippen molar-refractivity contribution in [3.05, 3.63) is 63.8 Å². The van der Waals surface area contributed by atoms with Crippen LogP contribution in [-0.2, 0) is 13.0 Å². The summed E-state index contributed by atoms with van der Waals surface area (Å²) in [4.78, 5) is 20.9. The maximum atomic E-state index is 11.5. The number of nitrogens with zero attached hydrogens (tertiary/aromatic N) is 2. The number of likely N-dealkylation sites (tertiary alicyclic amines) is 1. The van der Waals surface area contributed by atoms with Gasteiger partial charge < -0.3 is 10.1 Å². The zero-order chi connectivity index (χ0) is 18.6. The number of hydrogen-bond acceptors (Lipinski definition) is 4. The zero-order valence-electron chi connectivity index (χ0n) is 15.7. The van der Waals surface area contributed by atoms with Crippen molar-refractivity contribution in [2.45, 2.75) is 57.6 Å². The van der Waals surface area contributed by atoms with Gasteiger partial charge in [-0.25, -0.2) is 4.98 Å². The number of aromatic amines is 1. The van der Waals surface area contributed by atoms with Crippen LogP contribution >= 0.6 is 0 Å². The molecular weight excluding hydrogens is 326 g/mol. The first-order valence-corrected chi connectivity index (χ1v) is 9.46. The lowest BCUT2D eigenvalue weighted by Crippen LogP contribution is -2.34. The molecule has 2 aromatic rings. The van der Waals surface area contributed by atoms with Crippen molar-refractivity contribution in [1.82, 2.24) is 14.9 Å². The lowest BCUT2D eigenvalue weighted by molar-refractivity contribution is 0.0714. The number of nitrogens with one attached hydrogen (secondary N) is 1. The molecule has 1 aliphatic rings. The summed E-state index contributed by atoms with van der Waals surface area (Å²) in [5.41, 5.74) is 2.78. The van der Waals surface area contributed by atoms with Crippen LogP contribution in [0.3, 0.4) is 0 Å². The molecule has 0 saturated carbocycles. The van der Waals surface area contributed by atoms with Crippen molar-refractivity contribution in [3.8, 4) is 0 Å². The van der Waals surface area contributed by atoms with Crippen LogP contribution in [0.25, 0.3) is 0 Å². The number of benzene rings is 1. The van der Waals surface area contributed by atoms with E-state index in [4.69, 9.17) is 0 Å². The summed E-state index contributed by atoms with van der Waals surface area (Å²) in [5, 5.41) is 9.85. The van der Waals surface area contributed by atoms with E-state index < -0.39 is 5.60 Å². The Morgan fingerprint density at radius 3 is 2.69 bits per heavy atom. The van der Waals surface area contributed by atoms with Gasteiger partial charge in [0.25, 0.3) is 5.56 Å². The molecule has 1 aromatic heterocycles. The summed E-state index contributed by atoms with van der Waals surface area (Å²) in [5.74, 6) is 0.331. The molecule has 0 spiro atoms. The quantitative estimate of drug-likeness (QED) is 0.836. The second kappa shape index (κ2) is 8.14. The van der Waals surface area contributed by atoms with Crippen LogP contribution in [0.15, 0.2) is 41.5 Å². The van der Waals surface area contributed by atoms with Crippen LogP contribution < -0.4 is 5.56 Å². The molecule has 0 aliphatic carbocycles. The second-order valence-electron chi connectivity index (χ2n) is 8.04. The smallest absolute Gasteiger partial charge is 0.250 e. The molecule has 1 aromatic carbocycles. The number of aryl methyl sites for hydroxylation is 1. The lowest BCUT2D eigenvalue weighted by atomic mass is 9.94. The third-order valence-electron chi connectivity index (χ3n) is 5.08. The standard InChI is InChI=1S/C21H29N3O2/c1-21(2,26)10-9-16-5-7-17(8-6-16)13-24-11-3-4-18(14-24)19-12-20(25)23-15-22-19/h5-8,12,15,18,26H,3-4,9-11,13-14H2,1-2H3,(H,22,23,25). The molecule has 0 amide bonds. The Labute approximate surface area is 155 Å². The highest BCUT2D eigenvalue weighted by Gasteiger charge is 2.22. The van der Waals surface area contributed by atoms with Gasteiger partial charge in [-0.2, -0.15) is 0 Å². The SMILES string of the molecule is CC(C)(O)CCc1ccc(CN2CCCC(c3cc(=O)[nH]cn3)C2)cc1. The molecule has 1 saturated heterocycles. The van der Waals surface area contributed by atoms with Crippen LogP contribution in [0.2, 0.25) is 0 Å². The van der Waals surface area contributed by atoms with E-state index in [9.17, 15) is 9.90 Å². The van der Waals surface area contributed by atoms with Gasteiger partial charge in [0.2, 0.25) is 0 Å².